The zero-order valence-corrected chi connectivity index (χ0v) is 15.1. The number of carbonyl (C=O) groups excluding carboxylic acids is 2. The van der Waals surface area contributed by atoms with Gasteiger partial charge in [-0.25, -0.2) is 4.39 Å². The summed E-state index contributed by atoms with van der Waals surface area (Å²) in [6.07, 6.45) is 0.726. The van der Waals surface area contributed by atoms with Gasteiger partial charge in [0.25, 0.3) is 5.91 Å². The highest BCUT2D eigenvalue weighted by Crippen LogP contribution is 2.15. The van der Waals surface area contributed by atoms with E-state index >= 15 is 0 Å². The molecule has 1 saturated heterocycles. The summed E-state index contributed by atoms with van der Waals surface area (Å²) < 4.78 is 13.8. The van der Waals surface area contributed by atoms with Gasteiger partial charge in [0, 0.05) is 36.8 Å². The van der Waals surface area contributed by atoms with Crippen LogP contribution < -0.4 is 0 Å². The minimum absolute atomic E-state index is 0.0366. The lowest BCUT2D eigenvalue weighted by molar-refractivity contribution is -0.130. The molecule has 136 valence electrons. The summed E-state index contributed by atoms with van der Waals surface area (Å²) in [4.78, 5) is 28.6. The number of rotatable bonds is 3. The molecule has 1 aliphatic heterocycles. The first-order valence-corrected chi connectivity index (χ1v) is 8.98. The van der Waals surface area contributed by atoms with Gasteiger partial charge >= 0.3 is 0 Å². The van der Waals surface area contributed by atoms with Crippen molar-refractivity contribution in [3.05, 3.63) is 70.5 Å². The maximum atomic E-state index is 13.8. The molecule has 0 spiro atoms. The quantitative estimate of drug-likeness (QED) is 0.826. The second-order valence-electron chi connectivity index (χ2n) is 6.31. The minimum atomic E-state index is -0.367. The molecule has 26 heavy (non-hydrogen) atoms. The van der Waals surface area contributed by atoms with Crippen LogP contribution in [0.5, 0.6) is 0 Å². The Kier molecular flexibility index (Phi) is 5.89. The molecule has 1 aliphatic rings. The Morgan fingerprint density at radius 1 is 0.962 bits per heavy atom. The van der Waals surface area contributed by atoms with Gasteiger partial charge in [-0.15, -0.1) is 0 Å². The van der Waals surface area contributed by atoms with Crippen LogP contribution in [0.15, 0.2) is 48.5 Å². The lowest BCUT2D eigenvalue weighted by Crippen LogP contribution is -2.38. The fraction of sp³-hybridized carbons (Fsp3) is 0.300. The SMILES string of the molecule is O=C(Cc1ccccc1F)N1CCCN(C(=O)c2cccc(Cl)c2)CC1. The van der Waals surface area contributed by atoms with Crippen molar-refractivity contribution < 1.29 is 14.0 Å². The fourth-order valence-electron chi connectivity index (χ4n) is 3.09. The summed E-state index contributed by atoms with van der Waals surface area (Å²) in [7, 11) is 0. The van der Waals surface area contributed by atoms with Crippen molar-refractivity contribution in [2.75, 3.05) is 26.2 Å². The molecule has 6 heteroatoms. The summed E-state index contributed by atoms with van der Waals surface area (Å²) >= 11 is 5.96. The van der Waals surface area contributed by atoms with Crippen LogP contribution in [0.2, 0.25) is 5.02 Å². The topological polar surface area (TPSA) is 40.6 Å². The highest BCUT2D eigenvalue weighted by molar-refractivity contribution is 6.30. The second-order valence-corrected chi connectivity index (χ2v) is 6.74. The van der Waals surface area contributed by atoms with Crippen molar-refractivity contribution in [3.8, 4) is 0 Å². The van der Waals surface area contributed by atoms with Crippen LogP contribution in [0, 0.1) is 5.82 Å². The van der Waals surface area contributed by atoms with Crippen LogP contribution in [-0.2, 0) is 11.2 Å². The lowest BCUT2D eigenvalue weighted by atomic mass is 10.1. The van der Waals surface area contributed by atoms with E-state index in [4.69, 9.17) is 11.6 Å². The molecule has 0 aromatic heterocycles. The smallest absolute Gasteiger partial charge is 0.253 e. The molecule has 2 aromatic carbocycles. The van der Waals surface area contributed by atoms with E-state index in [0.29, 0.717) is 48.7 Å². The molecule has 4 nitrogen and oxygen atoms in total. The van der Waals surface area contributed by atoms with Crippen LogP contribution in [0.3, 0.4) is 0 Å². The first-order chi connectivity index (χ1) is 12.5. The Morgan fingerprint density at radius 2 is 1.69 bits per heavy atom. The predicted octanol–water partition coefficient (Wildman–Crippen LogP) is 3.40. The molecule has 3 rings (SSSR count). The third-order valence-electron chi connectivity index (χ3n) is 4.51. The van der Waals surface area contributed by atoms with Crippen LogP contribution in [0.4, 0.5) is 4.39 Å². The number of halogens is 2. The standard InChI is InChI=1S/C20H20ClFN2O2/c21-17-7-3-6-16(13-17)20(26)24-10-4-9-23(11-12-24)19(25)14-15-5-1-2-8-18(15)22/h1-3,5-8,13H,4,9-12,14H2. The zero-order valence-electron chi connectivity index (χ0n) is 14.3. The lowest BCUT2D eigenvalue weighted by Gasteiger charge is -2.22. The second kappa shape index (κ2) is 8.32. The molecular formula is C20H20ClFN2O2. The number of amides is 2. The van der Waals surface area contributed by atoms with E-state index < -0.39 is 0 Å². The third-order valence-corrected chi connectivity index (χ3v) is 4.74. The summed E-state index contributed by atoms with van der Waals surface area (Å²) in [5.74, 6) is -0.573. The Labute approximate surface area is 157 Å². The molecule has 0 N–H and O–H groups in total. The minimum Gasteiger partial charge on any atom is -0.341 e. The van der Waals surface area contributed by atoms with Gasteiger partial charge in [-0.05, 0) is 36.2 Å². The molecule has 1 fully saturated rings. The van der Waals surface area contributed by atoms with Crippen LogP contribution in [-0.4, -0.2) is 47.8 Å². The van der Waals surface area contributed by atoms with Crippen molar-refractivity contribution in [2.24, 2.45) is 0 Å². The number of hydrogen-bond acceptors (Lipinski definition) is 2. The Morgan fingerprint density at radius 3 is 2.46 bits per heavy atom. The van der Waals surface area contributed by atoms with Gasteiger partial charge in [0.2, 0.25) is 5.91 Å². The third kappa shape index (κ3) is 4.41. The van der Waals surface area contributed by atoms with Crippen molar-refractivity contribution >= 4 is 23.4 Å². The zero-order chi connectivity index (χ0) is 18.5. The van der Waals surface area contributed by atoms with Gasteiger partial charge in [-0.2, -0.15) is 0 Å². The van der Waals surface area contributed by atoms with Crippen molar-refractivity contribution in [3.63, 3.8) is 0 Å². The molecule has 0 bridgehead atoms. The van der Waals surface area contributed by atoms with Crippen LogP contribution in [0.25, 0.3) is 0 Å². The van der Waals surface area contributed by atoms with Crippen molar-refractivity contribution in [1.82, 2.24) is 9.80 Å². The van der Waals surface area contributed by atoms with E-state index in [9.17, 15) is 14.0 Å². The van der Waals surface area contributed by atoms with Crippen LogP contribution >= 0.6 is 11.6 Å². The largest absolute Gasteiger partial charge is 0.341 e. The first kappa shape index (κ1) is 18.4. The van der Waals surface area contributed by atoms with Crippen LogP contribution in [0.1, 0.15) is 22.3 Å². The van der Waals surface area contributed by atoms with E-state index in [1.54, 1.807) is 52.3 Å². The normalized spacial score (nSPS) is 14.8. The Hall–Kier alpha value is -2.40. The first-order valence-electron chi connectivity index (χ1n) is 8.60. The molecule has 0 atom stereocenters. The van der Waals surface area contributed by atoms with E-state index in [0.717, 1.165) is 0 Å². The van der Waals surface area contributed by atoms with E-state index in [2.05, 4.69) is 0 Å². The van der Waals surface area contributed by atoms with E-state index in [1.165, 1.54) is 6.07 Å². The molecule has 2 amide bonds. The molecule has 0 saturated carbocycles. The molecule has 0 aliphatic carbocycles. The predicted molar refractivity (Wildman–Crippen MR) is 98.7 cm³/mol. The highest BCUT2D eigenvalue weighted by atomic mass is 35.5. The van der Waals surface area contributed by atoms with E-state index in [1.807, 2.05) is 0 Å². The fourth-order valence-corrected chi connectivity index (χ4v) is 3.28. The van der Waals surface area contributed by atoms with Gasteiger partial charge < -0.3 is 9.80 Å². The number of carbonyl (C=O) groups is 2. The molecule has 2 aromatic rings. The number of benzene rings is 2. The molecule has 1 heterocycles. The van der Waals surface area contributed by atoms with Crippen molar-refractivity contribution in [1.29, 1.82) is 0 Å². The Balaban J connectivity index is 1.62. The van der Waals surface area contributed by atoms with Crippen molar-refractivity contribution in [2.45, 2.75) is 12.8 Å². The molecule has 0 unspecified atom stereocenters. The Bertz CT molecular complexity index is 812. The molecular weight excluding hydrogens is 355 g/mol. The monoisotopic (exact) mass is 374 g/mol. The van der Waals surface area contributed by atoms with E-state index in [-0.39, 0.29) is 24.1 Å². The summed E-state index contributed by atoms with van der Waals surface area (Å²) in [5.41, 5.74) is 0.942. The highest BCUT2D eigenvalue weighted by Gasteiger charge is 2.23. The van der Waals surface area contributed by atoms with Gasteiger partial charge in [-0.1, -0.05) is 35.9 Å². The number of nitrogens with zero attached hydrogens (tertiary/aromatic N) is 2. The van der Waals surface area contributed by atoms with Gasteiger partial charge in [0.15, 0.2) is 0 Å². The maximum Gasteiger partial charge on any atom is 0.253 e. The van der Waals surface area contributed by atoms with Gasteiger partial charge in [-0.3, -0.25) is 9.59 Å². The average Bonchev–Trinajstić information content (AvgIpc) is 2.89. The summed E-state index contributed by atoms with van der Waals surface area (Å²) in [5, 5.41) is 0.521. The average molecular weight is 375 g/mol. The van der Waals surface area contributed by atoms with Gasteiger partial charge in [0.05, 0.1) is 6.42 Å². The summed E-state index contributed by atoms with van der Waals surface area (Å²) in [6, 6.07) is 13.2. The number of hydrogen-bond donors (Lipinski definition) is 0. The van der Waals surface area contributed by atoms with Gasteiger partial charge in [0.1, 0.15) is 5.82 Å². The molecule has 0 radical (unpaired) electrons. The maximum absolute atomic E-state index is 13.8. The summed E-state index contributed by atoms with van der Waals surface area (Å²) in [6.45, 7) is 2.04.